The summed E-state index contributed by atoms with van der Waals surface area (Å²) in [5.74, 6) is 0. The van der Waals surface area contributed by atoms with Crippen LogP contribution < -0.4 is 31.8 Å². The average Bonchev–Trinajstić information content (AvgIpc) is 4.17. The summed E-state index contributed by atoms with van der Waals surface area (Å²) in [6.07, 6.45) is 8.14. The molecule has 64 heavy (non-hydrogen) atoms. The van der Waals surface area contributed by atoms with Gasteiger partial charge in [0, 0.05) is 42.1 Å². The molecule has 0 aliphatic heterocycles. The molecule has 11 heteroatoms. The Kier molecular flexibility index (Phi) is 34.4. The Labute approximate surface area is 406 Å². The van der Waals surface area contributed by atoms with Gasteiger partial charge in [-0.15, -0.1) is 0 Å². The van der Waals surface area contributed by atoms with Crippen LogP contribution in [0.4, 0.5) is 0 Å². The molecule has 0 aliphatic rings. The number of carbonyl (C=O) groups excluding carboxylic acids is 1. The monoisotopic (exact) mass is 999 g/mol. The second kappa shape index (κ2) is 38.1. The molecular formula is C53H53Mn2N2O3P4-. The van der Waals surface area contributed by atoms with Gasteiger partial charge >= 0.3 is 20.5 Å². The van der Waals surface area contributed by atoms with Gasteiger partial charge in [-0.05, 0) is 72.8 Å². The summed E-state index contributed by atoms with van der Waals surface area (Å²) in [7, 11) is -3.10. The molecule has 8 aromatic rings. The van der Waals surface area contributed by atoms with Crippen molar-refractivity contribution in [2.75, 3.05) is 37.0 Å². The van der Waals surface area contributed by atoms with Gasteiger partial charge in [-0.3, -0.25) is 6.79 Å². The molecule has 0 unspecified atom stereocenters. The molecule has 0 fully saturated rings. The number of rotatable bonds is 15. The van der Waals surface area contributed by atoms with Gasteiger partial charge in [-0.2, -0.15) is 18.2 Å². The van der Waals surface area contributed by atoms with Gasteiger partial charge in [0.05, 0.1) is 92.6 Å². The van der Waals surface area contributed by atoms with Crippen LogP contribution in [-0.2, 0) is 48.5 Å². The van der Waals surface area contributed by atoms with E-state index in [9.17, 15) is 0 Å². The van der Waals surface area contributed by atoms with Crippen LogP contribution >= 0.6 is 31.7 Å². The zero-order valence-corrected chi connectivity index (χ0v) is 41.8. The van der Waals surface area contributed by atoms with Crippen molar-refractivity contribution in [2.24, 2.45) is 0 Å². The number of nitrogens with zero attached hydrogens (tertiary/aromatic N) is 2. The van der Waals surface area contributed by atoms with Gasteiger partial charge < -0.3 is 35.1 Å². The number of hydrogen-bond donors (Lipinski definition) is 0. The predicted molar refractivity (Wildman–Crippen MR) is 270 cm³/mol. The van der Waals surface area contributed by atoms with E-state index in [2.05, 4.69) is 213 Å². The molecule has 0 heterocycles. The van der Waals surface area contributed by atoms with Gasteiger partial charge in [-0.1, -0.05) is 109 Å². The Bertz CT molecular complexity index is 1850. The van der Waals surface area contributed by atoms with Crippen LogP contribution in [0.25, 0.3) is 0 Å². The van der Waals surface area contributed by atoms with E-state index in [4.69, 9.17) is 25.3 Å². The summed E-state index contributed by atoms with van der Waals surface area (Å²) in [6.45, 7) is 3.25. The first kappa shape index (κ1) is 57.8. The van der Waals surface area contributed by atoms with Crippen LogP contribution in [0.3, 0.4) is 0 Å². The molecule has 2 radical (unpaired) electrons. The molecule has 0 N–H and O–H groups in total. The maximum Gasteiger partial charge on any atom is 0.0999 e. The summed E-state index contributed by atoms with van der Waals surface area (Å²) < 4.78 is 14.5. The van der Waals surface area contributed by atoms with E-state index >= 15 is 0 Å². The van der Waals surface area contributed by atoms with Crippen molar-refractivity contribution in [3.8, 4) is 0 Å². The Morgan fingerprint density at radius 2 is 0.594 bits per heavy atom. The molecule has 0 bridgehead atoms. The number of hydrogen-bond acceptors (Lipinski definition) is 3. The quantitative estimate of drug-likeness (QED) is 0.0336. The van der Waals surface area contributed by atoms with E-state index in [0.29, 0.717) is 0 Å². The van der Waals surface area contributed by atoms with Crippen LogP contribution in [0.1, 0.15) is 0 Å². The summed E-state index contributed by atoms with van der Waals surface area (Å²) in [6, 6.07) is 90.4. The smallest absolute Gasteiger partial charge is 0.0999 e. The molecule has 8 rings (SSSR count). The van der Waals surface area contributed by atoms with Crippen molar-refractivity contribution in [2.45, 2.75) is 0 Å². The first-order chi connectivity index (χ1) is 30.8. The molecule has 0 aromatic heterocycles. The zero-order valence-electron chi connectivity index (χ0n) is 35.5. The van der Waals surface area contributed by atoms with E-state index in [1.807, 2.05) is 30.3 Å². The molecule has 8 aromatic carbocycles. The Hall–Kier alpha value is -4.21. The Balaban J connectivity index is 0.000000976. The van der Waals surface area contributed by atoms with Crippen molar-refractivity contribution >= 4 is 70.3 Å². The second-order valence-corrected chi connectivity index (χ2v) is 24.4. The summed E-state index contributed by atoms with van der Waals surface area (Å²) >= 11 is 0. The minimum Gasteiger partial charge on any atom is -0.999 e. The Morgan fingerprint density at radius 1 is 0.375 bits per heavy atom. The molecule has 0 aliphatic carbocycles. The van der Waals surface area contributed by atoms with E-state index in [1.54, 1.807) is 37.9 Å². The van der Waals surface area contributed by atoms with Crippen molar-refractivity contribution < 1.29 is 48.5 Å². The maximum atomic E-state index is 7.75. The molecule has 0 spiro atoms. The number of benzene rings is 6. The standard InChI is InChI=1S/C42H42P4.C5H5.C5H.CHO.2Mn.2NO/c1-7-19-37(20-8-1)44(38-21-9-2-10-22-38)34-31-43(32-35-45(39-23-11-3-12-24-39)40-25-13-4-14-26-40)33-36-46(41-27-15-5-16-28-41)42-29-17-6-18-30-42;2*1-2-4-5-3-1;1-2;;;2*1-2/h1-30H,31-36H2;1-5H;1H;1H;;;;/q;-1;-5;-1;;;2*+1/p+4. The van der Waals surface area contributed by atoms with Gasteiger partial charge in [0.1, 0.15) is 0 Å². The first-order valence-corrected chi connectivity index (χ1v) is 27.4. The minimum atomic E-state index is -0.835. The molecule has 0 saturated carbocycles. The fourth-order valence-corrected chi connectivity index (χ4v) is 21.3. The average molecular weight is 1000 g/mol. The van der Waals surface area contributed by atoms with Gasteiger partial charge in [-0.25, -0.2) is 12.1 Å². The van der Waals surface area contributed by atoms with Gasteiger partial charge in [0.25, 0.3) is 0 Å². The third-order valence-electron chi connectivity index (χ3n) is 9.83. The van der Waals surface area contributed by atoms with Crippen LogP contribution in [0.15, 0.2) is 218 Å². The van der Waals surface area contributed by atoms with E-state index in [-0.39, 0.29) is 34.1 Å². The molecule has 328 valence electrons. The summed E-state index contributed by atoms with van der Waals surface area (Å²) in [5.41, 5.74) is 11.5. The topological polar surface area (TPSA) is 104 Å². The zero-order chi connectivity index (χ0) is 44.3. The van der Waals surface area contributed by atoms with Crippen LogP contribution in [0, 0.1) is 35.2 Å². The van der Waals surface area contributed by atoms with Gasteiger partial charge in [0.15, 0.2) is 0 Å². The third kappa shape index (κ3) is 21.6. The summed E-state index contributed by atoms with van der Waals surface area (Å²) in [4.78, 5) is 7.75. The van der Waals surface area contributed by atoms with Crippen LogP contribution in [0.5, 0.6) is 0 Å². The van der Waals surface area contributed by atoms with Crippen LogP contribution in [0.2, 0.25) is 0 Å². The predicted octanol–water partition coefficient (Wildman–Crippen LogP) is 9.32. The molecule has 0 atom stereocenters. The molecule has 0 amide bonds. The third-order valence-corrected chi connectivity index (χ3v) is 22.6. The normalized spacial score (nSPS) is 9.62. The van der Waals surface area contributed by atoms with Crippen molar-refractivity contribution in [3.05, 3.63) is 243 Å². The Morgan fingerprint density at radius 3 is 0.750 bits per heavy atom. The molecular weight excluding hydrogens is 946 g/mol. The SMILES string of the molecule is N#[O+].N#[O+].[CH-]=O.[Mn].[Mn].[c-]1[c-][c-][cH-][c-]1.c1cc[cH-]c1.c1ccc([PH+](CC[PH+](CC[PH+](c2ccccc2)c2ccccc2)CC[PH+](c2ccccc2)c2ccccc2)c2ccccc2)cc1. The van der Waals surface area contributed by atoms with E-state index in [1.165, 1.54) is 37.0 Å². The maximum absolute atomic E-state index is 7.75. The fraction of sp³-hybridized carbons (Fsp3) is 0.113. The van der Waals surface area contributed by atoms with E-state index < -0.39 is 31.7 Å². The van der Waals surface area contributed by atoms with Crippen molar-refractivity contribution in [3.63, 3.8) is 0 Å². The summed E-state index contributed by atoms with van der Waals surface area (Å²) in [5, 5.41) is 9.31. The first-order valence-electron chi connectivity index (χ1n) is 20.2. The van der Waals surface area contributed by atoms with Gasteiger partial charge in [0.2, 0.25) is 0 Å². The minimum absolute atomic E-state index is 0. The van der Waals surface area contributed by atoms with E-state index in [0.717, 1.165) is 0 Å². The van der Waals surface area contributed by atoms with Crippen molar-refractivity contribution in [1.29, 1.82) is 10.9 Å². The fourth-order valence-electron chi connectivity index (χ4n) is 6.98. The molecule has 5 nitrogen and oxygen atoms in total. The second-order valence-electron chi connectivity index (χ2n) is 13.5. The molecule has 0 saturated heterocycles. The van der Waals surface area contributed by atoms with Crippen molar-refractivity contribution in [1.82, 2.24) is 0 Å². The largest absolute Gasteiger partial charge is 0.999 e. The van der Waals surface area contributed by atoms with Crippen LogP contribution in [-0.4, -0.2) is 43.8 Å².